The minimum atomic E-state index is 0. The molecule has 1 unspecified atom stereocenters. The molecule has 2 N–H and O–H groups in total. The Labute approximate surface area is 188 Å². The zero-order valence-electron chi connectivity index (χ0n) is 17.5. The van der Waals surface area contributed by atoms with Crippen LogP contribution in [0.3, 0.4) is 0 Å². The third-order valence-electron chi connectivity index (χ3n) is 4.81. The number of aromatic nitrogens is 5. The number of guanidine groups is 1. The summed E-state index contributed by atoms with van der Waals surface area (Å²) in [4.78, 5) is 12.8. The average Bonchev–Trinajstić information content (AvgIpc) is 3.30. The molecule has 0 saturated heterocycles. The number of hydrogen-bond donors (Lipinski definition) is 2. The molecular weight excluding hydrogens is 479 g/mol. The molecule has 9 heteroatoms. The Kier molecular flexibility index (Phi) is 8.18. The number of aryl methyl sites for hydroxylation is 2. The number of aliphatic imine (C=N–C) groups is 1. The molecule has 3 aromatic rings. The molecule has 1 atom stereocenters. The Hall–Kier alpha value is -2.43. The minimum absolute atomic E-state index is 0. The average molecular weight is 508 g/mol. The fourth-order valence-corrected chi connectivity index (χ4v) is 3.19. The summed E-state index contributed by atoms with van der Waals surface area (Å²) in [6, 6.07) is 4.26. The van der Waals surface area contributed by atoms with Gasteiger partial charge < -0.3 is 10.6 Å². The van der Waals surface area contributed by atoms with Crippen molar-refractivity contribution in [3.8, 4) is 5.82 Å². The van der Waals surface area contributed by atoms with Crippen LogP contribution in [0.1, 0.15) is 29.4 Å². The van der Waals surface area contributed by atoms with Crippen molar-refractivity contribution >= 4 is 29.9 Å². The van der Waals surface area contributed by atoms with Crippen LogP contribution in [0.5, 0.6) is 0 Å². The summed E-state index contributed by atoms with van der Waals surface area (Å²) >= 11 is 0. The van der Waals surface area contributed by atoms with Gasteiger partial charge in [0.1, 0.15) is 12.1 Å². The third-order valence-corrected chi connectivity index (χ3v) is 4.81. The first-order valence-corrected chi connectivity index (χ1v) is 9.37. The number of imidazole rings is 1. The molecule has 3 rings (SSSR count). The van der Waals surface area contributed by atoms with Gasteiger partial charge >= 0.3 is 0 Å². The Morgan fingerprint density at radius 3 is 2.69 bits per heavy atom. The first kappa shape index (κ1) is 22.9. The quantitative estimate of drug-likeness (QED) is 0.304. The molecule has 0 amide bonds. The van der Waals surface area contributed by atoms with Crippen molar-refractivity contribution in [3.63, 3.8) is 0 Å². The highest BCUT2D eigenvalue weighted by Crippen LogP contribution is 2.14. The Morgan fingerprint density at radius 1 is 1.28 bits per heavy atom. The number of hydrogen-bond acceptors (Lipinski definition) is 4. The largest absolute Gasteiger partial charge is 0.354 e. The van der Waals surface area contributed by atoms with Gasteiger partial charge in [0, 0.05) is 51.0 Å². The fraction of sp³-hybridized carbons (Fsp3) is 0.400. The van der Waals surface area contributed by atoms with Gasteiger partial charge in [0.15, 0.2) is 5.96 Å². The van der Waals surface area contributed by atoms with Crippen LogP contribution in [0.15, 0.2) is 42.0 Å². The normalized spacial score (nSPS) is 12.4. The number of nitrogens with zero attached hydrogens (tertiary/aromatic N) is 6. The van der Waals surface area contributed by atoms with Gasteiger partial charge in [0.25, 0.3) is 0 Å². The summed E-state index contributed by atoms with van der Waals surface area (Å²) in [5, 5.41) is 11.3. The van der Waals surface area contributed by atoms with E-state index in [1.54, 1.807) is 25.8 Å². The van der Waals surface area contributed by atoms with Crippen LogP contribution in [0.25, 0.3) is 5.82 Å². The zero-order chi connectivity index (χ0) is 20.1. The monoisotopic (exact) mass is 508 g/mol. The molecule has 0 aliphatic rings. The van der Waals surface area contributed by atoms with Crippen LogP contribution in [-0.4, -0.2) is 43.4 Å². The Bertz CT molecular complexity index is 946. The fourth-order valence-electron chi connectivity index (χ4n) is 3.19. The maximum atomic E-state index is 4.50. The van der Waals surface area contributed by atoms with E-state index in [1.165, 1.54) is 11.3 Å². The van der Waals surface area contributed by atoms with Gasteiger partial charge in [-0.1, -0.05) is 0 Å². The van der Waals surface area contributed by atoms with Crippen molar-refractivity contribution in [1.82, 2.24) is 34.9 Å². The van der Waals surface area contributed by atoms with Gasteiger partial charge in [0.05, 0.1) is 5.69 Å². The zero-order valence-corrected chi connectivity index (χ0v) is 19.9. The van der Waals surface area contributed by atoms with E-state index in [0.717, 1.165) is 29.5 Å². The van der Waals surface area contributed by atoms with Crippen LogP contribution >= 0.6 is 24.0 Å². The summed E-state index contributed by atoms with van der Waals surface area (Å²) in [7, 11) is 3.77. The second-order valence-electron chi connectivity index (χ2n) is 6.94. The lowest BCUT2D eigenvalue weighted by atomic mass is 10.1. The maximum absolute atomic E-state index is 4.50. The van der Waals surface area contributed by atoms with Crippen molar-refractivity contribution in [2.24, 2.45) is 12.0 Å². The molecule has 0 aromatic carbocycles. The van der Waals surface area contributed by atoms with E-state index in [-0.39, 0.29) is 30.0 Å². The molecular formula is C20H29IN8. The lowest BCUT2D eigenvalue weighted by molar-refractivity contribution is 0.635. The summed E-state index contributed by atoms with van der Waals surface area (Å²) in [6.07, 6.45) is 8.06. The second-order valence-corrected chi connectivity index (χ2v) is 6.94. The van der Waals surface area contributed by atoms with E-state index < -0.39 is 0 Å². The van der Waals surface area contributed by atoms with Crippen LogP contribution < -0.4 is 10.6 Å². The summed E-state index contributed by atoms with van der Waals surface area (Å²) in [5.74, 6) is 1.61. The van der Waals surface area contributed by atoms with Crippen LogP contribution in [0, 0.1) is 13.8 Å². The Balaban J connectivity index is 0.00000300. The molecule has 0 saturated carbocycles. The van der Waals surface area contributed by atoms with E-state index in [0.29, 0.717) is 6.54 Å². The Morgan fingerprint density at radius 2 is 2.07 bits per heavy atom. The molecule has 0 fully saturated rings. The molecule has 0 aliphatic carbocycles. The molecule has 3 heterocycles. The number of pyridine rings is 1. The molecule has 8 nitrogen and oxygen atoms in total. The van der Waals surface area contributed by atoms with E-state index in [4.69, 9.17) is 0 Å². The van der Waals surface area contributed by atoms with Crippen molar-refractivity contribution in [1.29, 1.82) is 0 Å². The lowest BCUT2D eigenvalue weighted by Crippen LogP contribution is -2.42. The maximum Gasteiger partial charge on any atom is 0.191 e. The van der Waals surface area contributed by atoms with Crippen LogP contribution in [-0.2, 0) is 20.0 Å². The number of nitrogens with one attached hydrogen (secondary N) is 2. The second kappa shape index (κ2) is 10.4. The highest BCUT2D eigenvalue weighted by atomic mass is 127. The summed E-state index contributed by atoms with van der Waals surface area (Å²) in [5.41, 5.74) is 4.70. The predicted molar refractivity (Wildman–Crippen MR) is 126 cm³/mol. The van der Waals surface area contributed by atoms with Gasteiger partial charge in [-0.25, -0.2) is 9.97 Å². The van der Waals surface area contributed by atoms with Crippen LogP contribution in [0.2, 0.25) is 0 Å². The molecule has 3 aromatic heterocycles. The van der Waals surface area contributed by atoms with Gasteiger partial charge in [-0.15, -0.1) is 24.0 Å². The van der Waals surface area contributed by atoms with E-state index in [1.807, 2.05) is 34.6 Å². The van der Waals surface area contributed by atoms with Gasteiger partial charge in [-0.3, -0.25) is 14.2 Å². The van der Waals surface area contributed by atoms with Gasteiger partial charge in [0.2, 0.25) is 0 Å². The first-order chi connectivity index (χ1) is 13.5. The predicted octanol–water partition coefficient (Wildman–Crippen LogP) is 2.53. The van der Waals surface area contributed by atoms with Crippen molar-refractivity contribution < 1.29 is 0 Å². The molecule has 0 spiro atoms. The van der Waals surface area contributed by atoms with Gasteiger partial charge in [-0.2, -0.15) is 5.10 Å². The van der Waals surface area contributed by atoms with E-state index in [9.17, 15) is 0 Å². The SMILES string of the molecule is CN=C(NCc1ccnc(-n2ccnc2)c1)NC(C)Cc1c(C)nn(C)c1C.I. The molecule has 29 heavy (non-hydrogen) atoms. The molecule has 0 bridgehead atoms. The number of halogens is 1. The van der Waals surface area contributed by atoms with E-state index in [2.05, 4.69) is 51.5 Å². The minimum Gasteiger partial charge on any atom is -0.354 e. The van der Waals surface area contributed by atoms with E-state index >= 15 is 0 Å². The highest BCUT2D eigenvalue weighted by molar-refractivity contribution is 14.0. The number of rotatable bonds is 6. The standard InChI is InChI=1S/C20H28N8.HI/c1-14(10-18-15(2)26-27(5)16(18)3)25-20(21-4)24-12-17-6-7-23-19(11-17)28-9-8-22-13-28;/h6-9,11,13-14H,10,12H2,1-5H3,(H2,21,24,25);1H. The summed E-state index contributed by atoms with van der Waals surface area (Å²) in [6.45, 7) is 6.98. The van der Waals surface area contributed by atoms with Gasteiger partial charge in [-0.05, 0) is 50.5 Å². The first-order valence-electron chi connectivity index (χ1n) is 9.37. The van der Waals surface area contributed by atoms with Crippen molar-refractivity contribution in [2.75, 3.05) is 7.05 Å². The van der Waals surface area contributed by atoms with Crippen molar-refractivity contribution in [3.05, 3.63) is 59.6 Å². The van der Waals surface area contributed by atoms with Crippen LogP contribution in [0.4, 0.5) is 0 Å². The smallest absolute Gasteiger partial charge is 0.191 e. The molecule has 0 radical (unpaired) electrons. The lowest BCUT2D eigenvalue weighted by Gasteiger charge is -2.18. The van der Waals surface area contributed by atoms with Crippen molar-refractivity contribution in [2.45, 2.75) is 39.8 Å². The molecule has 0 aliphatic heterocycles. The summed E-state index contributed by atoms with van der Waals surface area (Å²) < 4.78 is 3.82. The third kappa shape index (κ3) is 5.78. The topological polar surface area (TPSA) is 84.9 Å². The highest BCUT2D eigenvalue weighted by Gasteiger charge is 2.14. The molecule has 156 valence electrons.